The van der Waals surface area contributed by atoms with Gasteiger partial charge in [-0.2, -0.15) is 0 Å². The standard InChI is InChI=1S/C14H24O2/c1-11(2)6-5-8-13(15)12-7-3-4-9-14(12)10-16-14/h6,12-13,15H,3-5,7-10H2,1-2H3/t12-,13+,14+/m1/s1. The third kappa shape index (κ3) is 2.67. The number of aliphatic hydroxyl groups is 1. The number of allylic oxidation sites excluding steroid dienone is 2. The summed E-state index contributed by atoms with van der Waals surface area (Å²) >= 11 is 0. The molecule has 0 amide bonds. The summed E-state index contributed by atoms with van der Waals surface area (Å²) < 4.78 is 5.62. The molecule has 16 heavy (non-hydrogen) atoms. The molecule has 3 atom stereocenters. The maximum atomic E-state index is 10.3. The summed E-state index contributed by atoms with van der Waals surface area (Å²) in [5.41, 5.74) is 1.43. The lowest BCUT2D eigenvalue weighted by molar-refractivity contribution is 0.0233. The van der Waals surface area contributed by atoms with Gasteiger partial charge in [0.05, 0.1) is 18.3 Å². The van der Waals surface area contributed by atoms with Crippen molar-refractivity contribution in [1.29, 1.82) is 0 Å². The van der Waals surface area contributed by atoms with Crippen LogP contribution in [0.15, 0.2) is 11.6 Å². The maximum Gasteiger partial charge on any atom is 0.0969 e. The Bertz CT molecular complexity index is 262. The number of aliphatic hydroxyl groups excluding tert-OH is 1. The zero-order valence-electron chi connectivity index (χ0n) is 10.5. The minimum Gasteiger partial charge on any atom is -0.393 e. The Morgan fingerprint density at radius 2 is 2.25 bits per heavy atom. The van der Waals surface area contributed by atoms with Gasteiger partial charge in [-0.3, -0.25) is 0 Å². The van der Waals surface area contributed by atoms with E-state index in [1.807, 2.05) is 0 Å². The fourth-order valence-electron chi connectivity index (χ4n) is 2.97. The van der Waals surface area contributed by atoms with Gasteiger partial charge < -0.3 is 9.84 Å². The van der Waals surface area contributed by atoms with E-state index >= 15 is 0 Å². The first-order valence-corrected chi connectivity index (χ1v) is 6.59. The largest absolute Gasteiger partial charge is 0.393 e. The van der Waals surface area contributed by atoms with Gasteiger partial charge >= 0.3 is 0 Å². The summed E-state index contributed by atoms with van der Waals surface area (Å²) in [5.74, 6) is 0.395. The molecule has 0 radical (unpaired) electrons. The van der Waals surface area contributed by atoms with Crippen LogP contribution in [0.25, 0.3) is 0 Å². The van der Waals surface area contributed by atoms with Gasteiger partial charge in [-0.05, 0) is 39.5 Å². The highest BCUT2D eigenvalue weighted by atomic mass is 16.6. The van der Waals surface area contributed by atoms with Crippen LogP contribution in [0.2, 0.25) is 0 Å². The molecule has 1 aliphatic carbocycles. The predicted octanol–water partition coefficient (Wildman–Crippen LogP) is 3.05. The van der Waals surface area contributed by atoms with Crippen LogP contribution >= 0.6 is 0 Å². The van der Waals surface area contributed by atoms with Crippen molar-refractivity contribution in [3.63, 3.8) is 0 Å². The summed E-state index contributed by atoms with van der Waals surface area (Å²) in [7, 11) is 0. The highest BCUT2D eigenvalue weighted by Crippen LogP contribution is 2.48. The zero-order valence-corrected chi connectivity index (χ0v) is 10.5. The van der Waals surface area contributed by atoms with E-state index in [1.54, 1.807) is 0 Å². The molecule has 92 valence electrons. The van der Waals surface area contributed by atoms with Gasteiger partial charge in [-0.1, -0.05) is 24.5 Å². The predicted molar refractivity (Wildman–Crippen MR) is 65.3 cm³/mol. The van der Waals surface area contributed by atoms with Gasteiger partial charge in [0.1, 0.15) is 0 Å². The first-order chi connectivity index (χ1) is 7.64. The second kappa shape index (κ2) is 4.89. The third-order valence-electron chi connectivity index (χ3n) is 4.04. The lowest BCUT2D eigenvalue weighted by Crippen LogP contribution is -2.37. The molecule has 1 heterocycles. The Labute approximate surface area is 98.7 Å². The Kier molecular flexibility index (Phi) is 3.70. The van der Waals surface area contributed by atoms with E-state index in [4.69, 9.17) is 4.74 Å². The Balaban J connectivity index is 1.83. The molecule has 0 aromatic rings. The Morgan fingerprint density at radius 1 is 1.50 bits per heavy atom. The van der Waals surface area contributed by atoms with Crippen LogP contribution in [0, 0.1) is 5.92 Å². The first kappa shape index (κ1) is 12.1. The number of epoxide rings is 1. The number of hydrogen-bond donors (Lipinski definition) is 1. The molecule has 1 aliphatic heterocycles. The molecule has 2 rings (SSSR count). The molecule has 0 unspecified atom stereocenters. The average Bonchev–Trinajstić information content (AvgIpc) is 2.98. The molecular formula is C14H24O2. The Morgan fingerprint density at radius 3 is 2.88 bits per heavy atom. The van der Waals surface area contributed by atoms with Gasteiger partial charge in [0.2, 0.25) is 0 Å². The van der Waals surface area contributed by atoms with Gasteiger partial charge in [0.25, 0.3) is 0 Å². The third-order valence-corrected chi connectivity index (χ3v) is 4.04. The topological polar surface area (TPSA) is 32.8 Å². The molecular weight excluding hydrogens is 200 g/mol. The quantitative estimate of drug-likeness (QED) is 0.588. The van der Waals surface area contributed by atoms with Crippen molar-refractivity contribution < 1.29 is 9.84 Å². The molecule has 1 spiro atoms. The SMILES string of the molecule is CC(C)=CCC[C@H](O)[C@H]1CCCC[C@]12CO2. The maximum absolute atomic E-state index is 10.3. The smallest absolute Gasteiger partial charge is 0.0969 e. The minimum atomic E-state index is -0.168. The van der Waals surface area contributed by atoms with Crippen LogP contribution in [-0.4, -0.2) is 23.4 Å². The second-order valence-corrected chi connectivity index (χ2v) is 5.63. The van der Waals surface area contributed by atoms with E-state index in [1.165, 1.54) is 18.4 Å². The zero-order chi connectivity index (χ0) is 11.6. The molecule has 2 heteroatoms. The normalized spacial score (nSPS) is 34.8. The highest BCUT2D eigenvalue weighted by molar-refractivity contribution is 5.03. The Hall–Kier alpha value is -0.340. The van der Waals surface area contributed by atoms with E-state index in [-0.39, 0.29) is 11.7 Å². The van der Waals surface area contributed by atoms with Crippen LogP contribution in [0.3, 0.4) is 0 Å². The van der Waals surface area contributed by atoms with Crippen LogP contribution in [0.4, 0.5) is 0 Å². The summed E-state index contributed by atoms with van der Waals surface area (Å²) in [6.07, 6.45) is 8.78. The van der Waals surface area contributed by atoms with Crippen molar-refractivity contribution in [2.75, 3.05) is 6.61 Å². The van der Waals surface area contributed by atoms with Crippen molar-refractivity contribution in [3.05, 3.63) is 11.6 Å². The molecule has 1 saturated heterocycles. The molecule has 0 aromatic heterocycles. The van der Waals surface area contributed by atoms with E-state index < -0.39 is 0 Å². The molecule has 0 bridgehead atoms. The second-order valence-electron chi connectivity index (χ2n) is 5.63. The monoisotopic (exact) mass is 224 g/mol. The fraction of sp³-hybridized carbons (Fsp3) is 0.857. The number of rotatable bonds is 4. The van der Waals surface area contributed by atoms with Crippen molar-refractivity contribution in [1.82, 2.24) is 0 Å². The molecule has 0 aromatic carbocycles. The summed E-state index contributed by atoms with van der Waals surface area (Å²) in [6.45, 7) is 5.11. The molecule has 1 saturated carbocycles. The van der Waals surface area contributed by atoms with E-state index in [0.717, 1.165) is 32.3 Å². The van der Waals surface area contributed by atoms with E-state index in [0.29, 0.717) is 5.92 Å². The van der Waals surface area contributed by atoms with Crippen LogP contribution in [-0.2, 0) is 4.74 Å². The molecule has 2 fully saturated rings. The molecule has 1 N–H and O–H groups in total. The van der Waals surface area contributed by atoms with E-state index in [9.17, 15) is 5.11 Å². The average molecular weight is 224 g/mol. The number of ether oxygens (including phenoxy) is 1. The summed E-state index contributed by atoms with van der Waals surface area (Å²) in [4.78, 5) is 0. The lowest BCUT2D eigenvalue weighted by atomic mass is 9.75. The minimum absolute atomic E-state index is 0.0860. The van der Waals surface area contributed by atoms with Gasteiger partial charge in [0.15, 0.2) is 0 Å². The van der Waals surface area contributed by atoms with Crippen molar-refractivity contribution in [2.45, 2.75) is 64.1 Å². The summed E-state index contributed by atoms with van der Waals surface area (Å²) in [5, 5.41) is 10.3. The fourth-order valence-corrected chi connectivity index (χ4v) is 2.97. The molecule has 2 nitrogen and oxygen atoms in total. The van der Waals surface area contributed by atoms with Crippen molar-refractivity contribution in [3.8, 4) is 0 Å². The first-order valence-electron chi connectivity index (χ1n) is 6.59. The van der Waals surface area contributed by atoms with Crippen LogP contribution in [0.1, 0.15) is 52.4 Å². The molecule has 2 aliphatic rings. The van der Waals surface area contributed by atoms with Crippen LogP contribution < -0.4 is 0 Å². The number of hydrogen-bond acceptors (Lipinski definition) is 2. The van der Waals surface area contributed by atoms with Gasteiger partial charge in [-0.25, -0.2) is 0 Å². The van der Waals surface area contributed by atoms with Gasteiger partial charge in [0, 0.05) is 5.92 Å². The van der Waals surface area contributed by atoms with Crippen LogP contribution in [0.5, 0.6) is 0 Å². The van der Waals surface area contributed by atoms with Gasteiger partial charge in [-0.15, -0.1) is 0 Å². The lowest BCUT2D eigenvalue weighted by Gasteiger charge is -2.32. The summed E-state index contributed by atoms with van der Waals surface area (Å²) in [6, 6.07) is 0. The van der Waals surface area contributed by atoms with Crippen molar-refractivity contribution in [2.24, 2.45) is 5.92 Å². The van der Waals surface area contributed by atoms with E-state index in [2.05, 4.69) is 19.9 Å². The highest BCUT2D eigenvalue weighted by Gasteiger charge is 2.54. The van der Waals surface area contributed by atoms with Crippen molar-refractivity contribution >= 4 is 0 Å².